The fourth-order valence-corrected chi connectivity index (χ4v) is 3.75. The maximum Gasteiger partial charge on any atom is 0.573 e. The highest BCUT2D eigenvalue weighted by Crippen LogP contribution is 2.37. The lowest BCUT2D eigenvalue weighted by Gasteiger charge is -2.22. The van der Waals surface area contributed by atoms with Crippen LogP contribution in [0, 0.1) is 6.92 Å². The van der Waals surface area contributed by atoms with Gasteiger partial charge in [0.05, 0.1) is 19.1 Å². The Morgan fingerprint density at radius 1 is 1.11 bits per heavy atom. The number of nitrogens with zero attached hydrogens (tertiary/aromatic N) is 1. The monoisotopic (exact) mass is 533 g/mol. The highest BCUT2D eigenvalue weighted by Gasteiger charge is 2.33. The summed E-state index contributed by atoms with van der Waals surface area (Å²) in [6.07, 6.45) is -4.01. The van der Waals surface area contributed by atoms with Gasteiger partial charge in [-0.25, -0.2) is 4.79 Å². The molecule has 0 aliphatic heterocycles. The molecule has 0 bridgehead atoms. The maximum absolute atomic E-state index is 13.1. The van der Waals surface area contributed by atoms with Gasteiger partial charge in [-0.15, -0.1) is 13.2 Å². The van der Waals surface area contributed by atoms with Crippen molar-refractivity contribution in [3.8, 4) is 22.6 Å². The van der Waals surface area contributed by atoms with Crippen molar-refractivity contribution in [1.29, 1.82) is 0 Å². The van der Waals surface area contributed by atoms with Crippen molar-refractivity contribution in [2.24, 2.45) is 7.05 Å². The molecule has 3 N–H and O–H groups in total. The van der Waals surface area contributed by atoms with Crippen LogP contribution in [0.1, 0.15) is 30.5 Å². The Balaban J connectivity index is 2.03. The summed E-state index contributed by atoms with van der Waals surface area (Å²) in [5.41, 5.74) is 0.398. The predicted octanol–water partition coefficient (Wildman–Crippen LogP) is 4.78. The van der Waals surface area contributed by atoms with Crippen molar-refractivity contribution < 1.29 is 37.3 Å². The molecule has 12 heteroatoms. The van der Waals surface area contributed by atoms with Gasteiger partial charge in [0, 0.05) is 18.8 Å². The number of aryl methyl sites for hydroxylation is 2. The van der Waals surface area contributed by atoms with E-state index in [1.165, 1.54) is 31.4 Å². The van der Waals surface area contributed by atoms with E-state index in [4.69, 9.17) is 4.74 Å². The average Bonchev–Trinajstić information content (AvgIpc) is 2.84. The maximum atomic E-state index is 13.1. The molecule has 0 saturated carbocycles. The van der Waals surface area contributed by atoms with E-state index in [2.05, 4.69) is 15.4 Å². The minimum atomic E-state index is -4.95. The molecule has 202 valence electrons. The quantitative estimate of drug-likeness (QED) is 0.359. The number of aromatic nitrogens is 1. The van der Waals surface area contributed by atoms with Crippen LogP contribution in [0.4, 0.5) is 23.7 Å². The van der Waals surface area contributed by atoms with Gasteiger partial charge in [-0.1, -0.05) is 30.3 Å². The third-order valence-corrected chi connectivity index (χ3v) is 5.53. The first-order valence-corrected chi connectivity index (χ1v) is 11.5. The molecule has 0 radical (unpaired) electrons. The van der Waals surface area contributed by atoms with Crippen LogP contribution in [0.3, 0.4) is 0 Å². The summed E-state index contributed by atoms with van der Waals surface area (Å²) in [6.45, 7) is 3.38. The molecular weight excluding hydrogens is 507 g/mol. The number of nitrogens with one attached hydrogen (secondary N) is 2. The summed E-state index contributed by atoms with van der Waals surface area (Å²) >= 11 is 0. The highest BCUT2D eigenvalue weighted by atomic mass is 19.4. The lowest BCUT2D eigenvalue weighted by Crippen LogP contribution is -2.36. The van der Waals surface area contributed by atoms with E-state index >= 15 is 0 Å². The van der Waals surface area contributed by atoms with Gasteiger partial charge in [0.25, 0.3) is 5.56 Å². The second-order valence-electron chi connectivity index (χ2n) is 8.27. The Kier molecular flexibility index (Phi) is 8.66. The van der Waals surface area contributed by atoms with Gasteiger partial charge < -0.3 is 29.8 Å². The van der Waals surface area contributed by atoms with Crippen LogP contribution in [0.15, 0.2) is 59.5 Å². The number of rotatable bonds is 8. The highest BCUT2D eigenvalue weighted by molar-refractivity contribution is 5.91. The SMILES string of the molecule is CCOC(=O)CC(NC(=O)Nc1c(O)ccn(C)c1=O)c1ccc(OC(F)(F)F)c(-c2ccccc2C)c1. The number of hydrogen-bond acceptors (Lipinski definition) is 6. The summed E-state index contributed by atoms with van der Waals surface area (Å²) in [4.78, 5) is 37.4. The molecule has 2 amide bonds. The fraction of sp³-hybridized carbons (Fsp3) is 0.269. The standard InChI is InChI=1S/C26H26F3N3O6/c1-4-37-22(34)14-19(30-25(36)31-23-20(33)11-12-32(3)24(23)35)16-9-10-21(38-26(27,28)29)18(13-16)17-8-6-5-7-15(17)2/h5-13,19,33H,4,14H2,1-3H3,(H2,30,31,36). The largest absolute Gasteiger partial charge is 0.573 e. The van der Waals surface area contributed by atoms with Crippen LogP contribution in [-0.4, -0.2) is 34.6 Å². The zero-order valence-electron chi connectivity index (χ0n) is 20.8. The van der Waals surface area contributed by atoms with Crippen molar-refractivity contribution in [3.63, 3.8) is 0 Å². The summed E-state index contributed by atoms with van der Waals surface area (Å²) in [5, 5.41) is 14.8. The van der Waals surface area contributed by atoms with E-state index in [1.54, 1.807) is 38.1 Å². The Bertz CT molecular complexity index is 1390. The Morgan fingerprint density at radius 3 is 2.47 bits per heavy atom. The number of halogens is 3. The van der Waals surface area contributed by atoms with E-state index in [-0.39, 0.29) is 24.2 Å². The first kappa shape index (κ1) is 28.1. The van der Waals surface area contributed by atoms with Crippen molar-refractivity contribution in [3.05, 3.63) is 76.2 Å². The smallest absolute Gasteiger partial charge is 0.505 e. The lowest BCUT2D eigenvalue weighted by molar-refractivity contribution is -0.274. The van der Waals surface area contributed by atoms with E-state index in [0.29, 0.717) is 11.1 Å². The molecule has 9 nitrogen and oxygen atoms in total. The summed E-state index contributed by atoms with van der Waals surface area (Å²) in [7, 11) is 1.42. The topological polar surface area (TPSA) is 119 Å². The van der Waals surface area contributed by atoms with Crippen molar-refractivity contribution in [1.82, 2.24) is 9.88 Å². The van der Waals surface area contributed by atoms with Crippen molar-refractivity contribution in [2.45, 2.75) is 32.7 Å². The van der Waals surface area contributed by atoms with E-state index in [0.717, 1.165) is 10.6 Å². The number of hydrogen-bond donors (Lipinski definition) is 3. The van der Waals surface area contributed by atoms with Crippen LogP contribution in [0.5, 0.6) is 11.5 Å². The zero-order chi connectivity index (χ0) is 28.0. The number of amides is 2. The van der Waals surface area contributed by atoms with Gasteiger partial charge >= 0.3 is 18.4 Å². The molecule has 38 heavy (non-hydrogen) atoms. The molecule has 1 atom stereocenters. The molecule has 0 fully saturated rings. The zero-order valence-corrected chi connectivity index (χ0v) is 20.8. The molecule has 0 aliphatic carbocycles. The van der Waals surface area contributed by atoms with E-state index < -0.39 is 47.2 Å². The number of aromatic hydroxyl groups is 1. The second-order valence-corrected chi connectivity index (χ2v) is 8.27. The number of pyridine rings is 1. The third-order valence-electron chi connectivity index (χ3n) is 5.53. The third kappa shape index (κ3) is 7.05. The number of alkyl halides is 3. The van der Waals surface area contributed by atoms with Crippen LogP contribution >= 0.6 is 0 Å². The number of esters is 1. The number of urea groups is 1. The first-order chi connectivity index (χ1) is 17.9. The number of ether oxygens (including phenoxy) is 2. The molecule has 0 saturated heterocycles. The summed E-state index contributed by atoms with van der Waals surface area (Å²) < 4.78 is 49.8. The van der Waals surface area contributed by atoms with Crippen LogP contribution < -0.4 is 20.9 Å². The minimum absolute atomic E-state index is 0.0680. The number of anilines is 1. The van der Waals surface area contributed by atoms with Gasteiger partial charge in [-0.3, -0.25) is 9.59 Å². The molecule has 3 aromatic rings. The van der Waals surface area contributed by atoms with Gasteiger partial charge in [0.2, 0.25) is 0 Å². The Hall–Kier alpha value is -4.48. The molecule has 3 rings (SSSR count). The summed E-state index contributed by atoms with van der Waals surface area (Å²) in [6, 6.07) is 9.67. The summed E-state index contributed by atoms with van der Waals surface area (Å²) in [5.74, 6) is -1.61. The Morgan fingerprint density at radius 2 is 1.82 bits per heavy atom. The normalized spacial score (nSPS) is 11.9. The van der Waals surface area contributed by atoms with Crippen molar-refractivity contribution in [2.75, 3.05) is 11.9 Å². The van der Waals surface area contributed by atoms with Crippen molar-refractivity contribution >= 4 is 17.7 Å². The van der Waals surface area contributed by atoms with Gasteiger partial charge in [-0.2, -0.15) is 0 Å². The first-order valence-electron chi connectivity index (χ1n) is 11.5. The molecule has 1 aromatic heterocycles. The number of carbonyl (C=O) groups excluding carboxylic acids is 2. The average molecular weight is 534 g/mol. The minimum Gasteiger partial charge on any atom is -0.505 e. The lowest BCUT2D eigenvalue weighted by atomic mass is 9.94. The van der Waals surface area contributed by atoms with E-state index in [1.807, 2.05) is 0 Å². The molecule has 0 spiro atoms. The molecule has 1 heterocycles. The van der Waals surface area contributed by atoms with Gasteiger partial charge in [0.15, 0.2) is 5.69 Å². The molecule has 1 unspecified atom stereocenters. The second kappa shape index (κ2) is 11.7. The molecular formula is C26H26F3N3O6. The number of carbonyl (C=O) groups is 2. The van der Waals surface area contributed by atoms with Gasteiger partial charge in [-0.05, 0) is 48.7 Å². The number of benzene rings is 2. The predicted molar refractivity (Wildman–Crippen MR) is 133 cm³/mol. The molecule has 0 aliphatic rings. The van der Waals surface area contributed by atoms with Gasteiger partial charge in [0.1, 0.15) is 11.5 Å². The van der Waals surface area contributed by atoms with Crippen LogP contribution in [0.2, 0.25) is 0 Å². The van der Waals surface area contributed by atoms with Crippen LogP contribution in [-0.2, 0) is 16.6 Å². The Labute approximate surface area is 215 Å². The van der Waals surface area contributed by atoms with E-state index in [9.17, 15) is 32.7 Å². The molecule has 2 aromatic carbocycles. The fourth-order valence-electron chi connectivity index (χ4n) is 3.75. The van der Waals surface area contributed by atoms with Crippen LogP contribution in [0.25, 0.3) is 11.1 Å².